The summed E-state index contributed by atoms with van der Waals surface area (Å²) in [6.07, 6.45) is 10.1. The molecule has 57 heavy (non-hydrogen) atoms. The second-order valence-electron chi connectivity index (χ2n) is 15.0. The third-order valence-electron chi connectivity index (χ3n) is 12.3. The van der Waals surface area contributed by atoms with Gasteiger partial charge >= 0.3 is 11.9 Å². The van der Waals surface area contributed by atoms with Gasteiger partial charge in [0.15, 0.2) is 0 Å². The molecule has 7 rings (SSSR count). The molecule has 8 bridgehead atoms. The number of H-pyrrole nitrogens is 2. The number of hydrogen-bond acceptors (Lipinski definition) is 6. The number of methoxy groups -OCH3 is 2. The van der Waals surface area contributed by atoms with Crippen LogP contribution in [0, 0.1) is 19.3 Å². The molecule has 0 spiro atoms. The van der Waals surface area contributed by atoms with Crippen LogP contribution in [-0.2, 0) is 38.8 Å². The second-order valence-corrected chi connectivity index (χ2v) is 15.0. The van der Waals surface area contributed by atoms with Crippen LogP contribution in [0.25, 0.3) is 23.3 Å². The Balaban J connectivity index is 0.00000549. The van der Waals surface area contributed by atoms with Gasteiger partial charge < -0.3 is 24.8 Å². The van der Waals surface area contributed by atoms with Crippen LogP contribution < -0.4 is 16.0 Å². The van der Waals surface area contributed by atoms with Gasteiger partial charge in [0.25, 0.3) is 0 Å². The molecule has 298 valence electrons. The Labute approximate surface area is 345 Å². The van der Waals surface area contributed by atoms with Crippen LogP contribution in [0.1, 0.15) is 120 Å². The largest absolute Gasteiger partial charge is 0.465 e. The van der Waals surface area contributed by atoms with E-state index in [-0.39, 0.29) is 33.8 Å². The van der Waals surface area contributed by atoms with Crippen molar-refractivity contribution in [3.8, 4) is 0 Å². The van der Waals surface area contributed by atoms with Gasteiger partial charge in [0.2, 0.25) is 0 Å². The van der Waals surface area contributed by atoms with Crippen LogP contribution in [0.4, 0.5) is 0 Å². The number of carbonyl (C=O) groups is 2. The van der Waals surface area contributed by atoms with Crippen molar-refractivity contribution < 1.29 is 35.6 Å². The maximum atomic E-state index is 12.5. The van der Waals surface area contributed by atoms with Crippen molar-refractivity contribution in [1.29, 1.82) is 0 Å². The number of ether oxygens (including phenoxy) is 2. The summed E-state index contributed by atoms with van der Waals surface area (Å²) in [5.41, 5.74) is 17.9. The molecule has 0 unspecified atom stereocenters. The number of aromatic amines is 2. The van der Waals surface area contributed by atoms with Crippen molar-refractivity contribution >= 4 is 40.9 Å². The van der Waals surface area contributed by atoms with Gasteiger partial charge in [0, 0.05) is 55.5 Å². The number of nitrogens with one attached hydrogen (secondary N) is 3. The number of aromatic nitrogens is 2. The van der Waals surface area contributed by atoms with Crippen LogP contribution in [0.15, 0.2) is 87.8 Å². The number of fused-ring (bicyclic) bond motifs is 7. The minimum atomic E-state index is -0.370. The van der Waals surface area contributed by atoms with Crippen LogP contribution >= 0.6 is 0 Å². The summed E-state index contributed by atoms with van der Waals surface area (Å²) >= 11 is 0. The zero-order valence-electron chi connectivity index (χ0n) is 34.6. The van der Waals surface area contributed by atoms with Crippen LogP contribution in [0.3, 0.4) is 0 Å². The fourth-order valence-corrected chi connectivity index (χ4v) is 9.10. The van der Waals surface area contributed by atoms with Crippen molar-refractivity contribution in [1.82, 2.24) is 15.3 Å². The summed E-state index contributed by atoms with van der Waals surface area (Å²) < 4.78 is 10.1. The molecule has 0 saturated heterocycles. The average Bonchev–Trinajstić information content (AvgIpc) is 3.91. The molecule has 2 aromatic heterocycles. The number of hydrogen-bond donors (Lipinski definition) is 3. The minimum absolute atomic E-state index is 0. The third kappa shape index (κ3) is 6.80. The Hall–Kier alpha value is -5.40. The molecule has 0 saturated carbocycles. The van der Waals surface area contributed by atoms with E-state index in [0.717, 1.165) is 98.4 Å². The predicted octanol–water partition coefficient (Wildman–Crippen LogP) is 8.53. The molecule has 8 nitrogen and oxygen atoms in total. The van der Waals surface area contributed by atoms with Crippen molar-refractivity contribution in [2.45, 2.75) is 81.1 Å². The van der Waals surface area contributed by atoms with E-state index in [4.69, 9.17) is 14.5 Å². The maximum absolute atomic E-state index is 12.5. The Kier molecular flexibility index (Phi) is 11.7. The summed E-state index contributed by atoms with van der Waals surface area (Å²) in [5.74, 6) is -0.731. The summed E-state index contributed by atoms with van der Waals surface area (Å²) in [7, 11) is 2.81. The van der Waals surface area contributed by atoms with E-state index in [1.807, 2.05) is 48.5 Å². The molecule has 3 aliphatic heterocycles. The molecular weight excluding hydrogens is 755 g/mol. The zero-order valence-corrected chi connectivity index (χ0v) is 35.6. The topological polar surface area (TPSA) is 109 Å². The molecule has 3 N–H and O–H groups in total. The van der Waals surface area contributed by atoms with E-state index in [9.17, 15) is 9.59 Å². The molecule has 3 aliphatic rings. The molecular formula is C48H52N4NiO4. The smallest absolute Gasteiger partial charge is 0.337 e. The van der Waals surface area contributed by atoms with E-state index in [0.29, 0.717) is 11.1 Å². The molecule has 0 atom stereocenters. The monoisotopic (exact) mass is 806 g/mol. The average molecular weight is 808 g/mol. The molecule has 9 heteroatoms. The van der Waals surface area contributed by atoms with Gasteiger partial charge in [-0.3, -0.25) is 0 Å². The van der Waals surface area contributed by atoms with Gasteiger partial charge in [-0.05, 0) is 140 Å². The van der Waals surface area contributed by atoms with Crippen LogP contribution in [0.5, 0.6) is 0 Å². The van der Waals surface area contributed by atoms with Crippen molar-refractivity contribution in [3.63, 3.8) is 0 Å². The number of rotatable bonds is 8. The fraction of sp³-hybridized carbons (Fsp3) is 0.312. The number of benzene rings is 2. The predicted molar refractivity (Wildman–Crippen MR) is 226 cm³/mol. The Bertz CT molecular complexity index is 2570. The Morgan fingerprint density at radius 3 is 1.79 bits per heavy atom. The minimum Gasteiger partial charge on any atom is -0.465 e. The summed E-state index contributed by atoms with van der Waals surface area (Å²) in [6.45, 7) is 17.7. The molecule has 4 aromatic rings. The third-order valence-corrected chi connectivity index (χ3v) is 12.3. The normalized spacial score (nSPS) is 19.4. The van der Waals surface area contributed by atoms with E-state index < -0.39 is 0 Å². The van der Waals surface area contributed by atoms with Gasteiger partial charge in [-0.1, -0.05) is 52.0 Å². The van der Waals surface area contributed by atoms with E-state index in [1.54, 1.807) is 0 Å². The number of nitrogens with zero attached hydrogens (tertiary/aromatic N) is 1. The van der Waals surface area contributed by atoms with E-state index >= 15 is 0 Å². The molecule has 5 heterocycles. The standard InChI is InChI=1S/C48H52N4O4.Ni/c1-11-35-27(6)44-41(31-17-21-33(22-18-31)47(54)56-10)45-29(8)48(13-3,14-4)39(52-45)25-38-36(12-2)28(7)43(51-38)40(30-15-19-32(20-16-30)46(53)55-9)42-26(5)23-34(49-42)24-37(35)50-44;/h15-25,50-52H,11-14H2,1-10H3;/b37-24-,39-25-,42-40-,44-41-;. The van der Waals surface area contributed by atoms with E-state index in [2.05, 4.69) is 88.9 Å². The number of allylic oxidation sites excluding steroid dienone is 4. The van der Waals surface area contributed by atoms with E-state index in [1.165, 1.54) is 42.0 Å². The first-order valence-corrected chi connectivity index (χ1v) is 19.7. The quantitative estimate of drug-likeness (QED) is 0.122. The van der Waals surface area contributed by atoms with Gasteiger partial charge in [-0.2, -0.15) is 0 Å². The van der Waals surface area contributed by atoms with Crippen molar-refractivity contribution in [2.75, 3.05) is 14.2 Å². The molecule has 0 fully saturated rings. The summed E-state index contributed by atoms with van der Waals surface area (Å²) in [4.78, 5) is 38.1. The van der Waals surface area contributed by atoms with Crippen LogP contribution in [-0.4, -0.2) is 41.8 Å². The number of carbonyl (C=O) groups excluding carboxylic acids is 2. The van der Waals surface area contributed by atoms with Gasteiger partial charge in [0.1, 0.15) is 0 Å². The maximum Gasteiger partial charge on any atom is 0.337 e. The van der Waals surface area contributed by atoms with Gasteiger partial charge in [0.05, 0.1) is 47.8 Å². The van der Waals surface area contributed by atoms with Gasteiger partial charge in [-0.25, -0.2) is 14.6 Å². The first-order valence-electron chi connectivity index (χ1n) is 19.7. The first kappa shape index (κ1) is 41.2. The molecule has 2 aromatic carbocycles. The zero-order chi connectivity index (χ0) is 40.1. The molecule has 0 amide bonds. The van der Waals surface area contributed by atoms with Crippen LogP contribution in [0.2, 0.25) is 0 Å². The summed E-state index contributed by atoms with van der Waals surface area (Å²) in [5, 5.41) is 6.06. The SMILES string of the molecule is CCc1c2[nH]c(c1C)/C(c1ccc(C(=O)OC)cc1)=C1N=C(C=C\1C)/C=c1\[nH]/c(c(C)c1CC)=C(/c1ccc(C(=O)OC)cc1)C1=C(C)C(CC)(CC)/C(=C/2)N1.[Ni]. The fourth-order valence-electron chi connectivity index (χ4n) is 9.10. The first-order chi connectivity index (χ1) is 26.9. The second kappa shape index (κ2) is 16.2. The number of esters is 2. The molecule has 0 radical (unpaired) electrons. The Morgan fingerprint density at radius 2 is 1.26 bits per heavy atom. The van der Waals surface area contributed by atoms with Gasteiger partial charge in [-0.15, -0.1) is 0 Å². The molecule has 0 aliphatic carbocycles. The van der Waals surface area contributed by atoms with Crippen molar-refractivity contribution in [2.24, 2.45) is 10.4 Å². The summed E-state index contributed by atoms with van der Waals surface area (Å²) in [6, 6.07) is 15.4. The number of aliphatic imine (C=N–C) groups is 1. The Morgan fingerprint density at radius 1 is 0.702 bits per heavy atom. The van der Waals surface area contributed by atoms with Crippen molar-refractivity contribution in [3.05, 3.63) is 149 Å².